The number of aromatic hydroxyl groups is 1. The Balaban J connectivity index is 2.22. The van der Waals surface area contributed by atoms with Crippen molar-refractivity contribution < 1.29 is 9.90 Å². The van der Waals surface area contributed by atoms with E-state index in [0.29, 0.717) is 15.2 Å². The number of benzene rings is 2. The van der Waals surface area contributed by atoms with Crippen LogP contribution < -0.4 is 5.32 Å². The lowest BCUT2D eigenvalue weighted by Crippen LogP contribution is -2.12. The molecule has 0 radical (unpaired) electrons. The number of hydrogen-bond donors (Lipinski definition) is 2. The quantitative estimate of drug-likeness (QED) is 0.874. The summed E-state index contributed by atoms with van der Waals surface area (Å²) in [5.74, 6) is -0.458. The summed E-state index contributed by atoms with van der Waals surface area (Å²) in [5.41, 5.74) is 0.822. The van der Waals surface area contributed by atoms with Gasteiger partial charge in [0.1, 0.15) is 5.75 Å². The van der Waals surface area contributed by atoms with Gasteiger partial charge >= 0.3 is 0 Å². The number of anilines is 1. The van der Waals surface area contributed by atoms with Gasteiger partial charge < -0.3 is 10.4 Å². The van der Waals surface area contributed by atoms with Crippen LogP contribution in [0.5, 0.6) is 5.75 Å². The Labute approximate surface area is 118 Å². The molecule has 0 fully saturated rings. The van der Waals surface area contributed by atoms with Gasteiger partial charge in [-0.05, 0) is 52.3 Å². The predicted molar refractivity (Wildman–Crippen MR) is 75.2 cm³/mol. The van der Waals surface area contributed by atoms with Crippen LogP contribution in [0.25, 0.3) is 0 Å². The second-order valence-corrected chi connectivity index (χ2v) is 4.89. The van der Waals surface area contributed by atoms with Gasteiger partial charge in [-0.1, -0.05) is 17.7 Å². The van der Waals surface area contributed by atoms with Crippen molar-refractivity contribution in [3.8, 4) is 5.75 Å². The molecule has 0 aliphatic rings. The van der Waals surface area contributed by atoms with E-state index in [-0.39, 0.29) is 17.2 Å². The van der Waals surface area contributed by atoms with Gasteiger partial charge in [-0.2, -0.15) is 0 Å². The molecule has 2 aromatic rings. The zero-order valence-corrected chi connectivity index (χ0v) is 11.5. The molecular formula is C13H9BrClNO2. The molecule has 0 saturated carbocycles. The topological polar surface area (TPSA) is 49.3 Å². The standard InChI is InChI=1S/C13H9BrClNO2/c14-11-3-1-2-10(12(11)17)13(18)16-9-6-4-8(15)5-7-9/h1-7,17H,(H,16,18). The van der Waals surface area contributed by atoms with E-state index in [4.69, 9.17) is 11.6 Å². The van der Waals surface area contributed by atoms with Gasteiger partial charge in [0.2, 0.25) is 0 Å². The van der Waals surface area contributed by atoms with Crippen molar-refractivity contribution in [2.45, 2.75) is 0 Å². The molecule has 2 rings (SSSR count). The SMILES string of the molecule is O=C(Nc1ccc(Cl)cc1)c1cccc(Br)c1O. The molecule has 1 amide bonds. The minimum Gasteiger partial charge on any atom is -0.506 e. The number of halogens is 2. The first-order valence-electron chi connectivity index (χ1n) is 5.12. The molecule has 2 aromatic carbocycles. The van der Waals surface area contributed by atoms with Crippen LogP contribution in [0.4, 0.5) is 5.69 Å². The highest BCUT2D eigenvalue weighted by molar-refractivity contribution is 9.10. The molecule has 5 heteroatoms. The molecule has 2 N–H and O–H groups in total. The van der Waals surface area contributed by atoms with E-state index < -0.39 is 0 Å². The van der Waals surface area contributed by atoms with Crippen molar-refractivity contribution in [2.75, 3.05) is 5.32 Å². The van der Waals surface area contributed by atoms with Crippen molar-refractivity contribution >= 4 is 39.1 Å². The first kappa shape index (κ1) is 12.9. The van der Waals surface area contributed by atoms with Crippen LogP contribution in [0.3, 0.4) is 0 Å². The maximum absolute atomic E-state index is 11.9. The van der Waals surface area contributed by atoms with Crippen LogP contribution in [0.2, 0.25) is 5.02 Å². The summed E-state index contributed by atoms with van der Waals surface area (Å²) in [6.45, 7) is 0. The van der Waals surface area contributed by atoms with E-state index in [1.165, 1.54) is 0 Å². The highest BCUT2D eigenvalue weighted by Crippen LogP contribution is 2.28. The van der Waals surface area contributed by atoms with E-state index in [9.17, 15) is 9.90 Å². The first-order chi connectivity index (χ1) is 8.58. The fourth-order valence-corrected chi connectivity index (χ4v) is 1.92. The number of phenols is 1. The van der Waals surface area contributed by atoms with Crippen molar-refractivity contribution in [1.29, 1.82) is 0 Å². The largest absolute Gasteiger partial charge is 0.506 e. The second kappa shape index (κ2) is 5.42. The van der Waals surface area contributed by atoms with Crippen molar-refractivity contribution in [3.63, 3.8) is 0 Å². The zero-order valence-electron chi connectivity index (χ0n) is 9.15. The first-order valence-corrected chi connectivity index (χ1v) is 6.29. The molecule has 3 nitrogen and oxygen atoms in total. The highest BCUT2D eigenvalue weighted by atomic mass is 79.9. The fraction of sp³-hybridized carbons (Fsp3) is 0. The summed E-state index contributed by atoms with van der Waals surface area (Å²) < 4.78 is 0.478. The van der Waals surface area contributed by atoms with Crippen molar-refractivity contribution in [1.82, 2.24) is 0 Å². The molecule has 0 aliphatic carbocycles. The molecule has 0 bridgehead atoms. The summed E-state index contributed by atoms with van der Waals surface area (Å²) in [6, 6.07) is 11.6. The lowest BCUT2D eigenvalue weighted by Gasteiger charge is -2.07. The van der Waals surface area contributed by atoms with Gasteiger partial charge in [-0.25, -0.2) is 0 Å². The Kier molecular flexibility index (Phi) is 3.89. The van der Waals surface area contributed by atoms with Gasteiger partial charge in [0, 0.05) is 10.7 Å². The molecule has 18 heavy (non-hydrogen) atoms. The summed E-state index contributed by atoms with van der Waals surface area (Å²) in [5, 5.41) is 13.0. The molecule has 0 aromatic heterocycles. The maximum Gasteiger partial charge on any atom is 0.259 e. The van der Waals surface area contributed by atoms with Gasteiger partial charge in [0.15, 0.2) is 0 Å². The van der Waals surface area contributed by atoms with Crippen LogP contribution in [-0.2, 0) is 0 Å². The van der Waals surface area contributed by atoms with Gasteiger partial charge in [-0.3, -0.25) is 4.79 Å². The van der Waals surface area contributed by atoms with Gasteiger partial charge in [0.25, 0.3) is 5.91 Å². The molecule has 0 unspecified atom stereocenters. The average molecular weight is 327 g/mol. The Morgan fingerprint density at radius 3 is 2.50 bits per heavy atom. The number of amides is 1. The Hall–Kier alpha value is -1.52. The van der Waals surface area contributed by atoms with Crippen LogP contribution in [0, 0.1) is 0 Å². The second-order valence-electron chi connectivity index (χ2n) is 3.60. The summed E-state index contributed by atoms with van der Waals surface area (Å²) >= 11 is 8.91. The fourth-order valence-electron chi connectivity index (χ4n) is 1.43. The van der Waals surface area contributed by atoms with Crippen molar-refractivity contribution in [3.05, 3.63) is 57.5 Å². The molecule has 0 atom stereocenters. The molecule has 0 aliphatic heterocycles. The molecule has 92 valence electrons. The third-order valence-corrected chi connectivity index (χ3v) is 3.23. The number of phenolic OH excluding ortho intramolecular Hbond substituents is 1. The molecule has 0 saturated heterocycles. The maximum atomic E-state index is 11.9. The lowest BCUT2D eigenvalue weighted by molar-refractivity contribution is 0.102. The van der Waals surface area contributed by atoms with Crippen molar-refractivity contribution in [2.24, 2.45) is 0 Å². The summed E-state index contributed by atoms with van der Waals surface area (Å²) in [4.78, 5) is 11.9. The Morgan fingerprint density at radius 2 is 1.83 bits per heavy atom. The molecule has 0 spiro atoms. The highest BCUT2D eigenvalue weighted by Gasteiger charge is 2.13. The van der Waals surface area contributed by atoms with E-state index in [1.807, 2.05) is 0 Å². The van der Waals surface area contributed by atoms with E-state index in [1.54, 1.807) is 42.5 Å². The Bertz CT molecular complexity index is 584. The number of hydrogen-bond acceptors (Lipinski definition) is 2. The number of nitrogens with one attached hydrogen (secondary N) is 1. The zero-order chi connectivity index (χ0) is 13.1. The number of carbonyl (C=O) groups is 1. The smallest absolute Gasteiger partial charge is 0.259 e. The molecular weight excluding hydrogens is 318 g/mol. The Morgan fingerprint density at radius 1 is 1.17 bits per heavy atom. The third kappa shape index (κ3) is 2.83. The minimum atomic E-state index is -0.379. The van der Waals surface area contributed by atoms with Crippen LogP contribution in [0.1, 0.15) is 10.4 Å². The molecule has 0 heterocycles. The average Bonchev–Trinajstić information content (AvgIpc) is 2.35. The van der Waals surface area contributed by atoms with Crippen LogP contribution >= 0.6 is 27.5 Å². The third-order valence-electron chi connectivity index (χ3n) is 2.33. The minimum absolute atomic E-state index is 0.0797. The van der Waals surface area contributed by atoms with Gasteiger partial charge in [-0.15, -0.1) is 0 Å². The lowest BCUT2D eigenvalue weighted by atomic mass is 10.2. The van der Waals surface area contributed by atoms with Gasteiger partial charge in [0.05, 0.1) is 10.0 Å². The van der Waals surface area contributed by atoms with Crippen LogP contribution in [0.15, 0.2) is 46.9 Å². The van der Waals surface area contributed by atoms with E-state index in [0.717, 1.165) is 0 Å². The normalized spacial score (nSPS) is 10.1. The number of carbonyl (C=O) groups excluding carboxylic acids is 1. The van der Waals surface area contributed by atoms with E-state index >= 15 is 0 Å². The van der Waals surface area contributed by atoms with E-state index in [2.05, 4.69) is 21.2 Å². The number of para-hydroxylation sites is 1. The monoisotopic (exact) mass is 325 g/mol. The predicted octanol–water partition coefficient (Wildman–Crippen LogP) is 4.06. The number of rotatable bonds is 2. The summed E-state index contributed by atoms with van der Waals surface area (Å²) in [7, 11) is 0. The summed E-state index contributed by atoms with van der Waals surface area (Å²) in [6.07, 6.45) is 0. The van der Waals surface area contributed by atoms with Crippen LogP contribution in [-0.4, -0.2) is 11.0 Å².